The summed E-state index contributed by atoms with van der Waals surface area (Å²) in [7, 11) is 1.76. The van der Waals surface area contributed by atoms with E-state index in [9.17, 15) is 0 Å². The Morgan fingerprint density at radius 2 is 2.25 bits per heavy atom. The Bertz CT molecular complexity index is 390. The summed E-state index contributed by atoms with van der Waals surface area (Å²) in [5.74, 6) is 2.74. The van der Waals surface area contributed by atoms with Gasteiger partial charge in [0.15, 0.2) is 0 Å². The van der Waals surface area contributed by atoms with Gasteiger partial charge in [0.2, 0.25) is 0 Å². The number of thiophene rings is 1. The number of nitrogens with one attached hydrogen (secondary N) is 1. The van der Waals surface area contributed by atoms with Crippen LogP contribution in [0.3, 0.4) is 0 Å². The molecule has 114 valence electrons. The lowest BCUT2D eigenvalue weighted by atomic mass is 9.76. The molecule has 1 N–H and O–H groups in total. The maximum atomic E-state index is 5.36. The first-order valence-corrected chi connectivity index (χ1v) is 9.02. The van der Waals surface area contributed by atoms with Gasteiger partial charge in [0.25, 0.3) is 0 Å². The molecule has 3 unspecified atom stereocenters. The van der Waals surface area contributed by atoms with Crippen LogP contribution in [0.15, 0.2) is 11.4 Å². The second-order valence-electron chi connectivity index (χ2n) is 6.02. The molecule has 1 saturated carbocycles. The molecule has 1 heterocycles. The van der Waals surface area contributed by atoms with Gasteiger partial charge in [-0.3, -0.25) is 0 Å². The first-order chi connectivity index (χ1) is 9.78. The van der Waals surface area contributed by atoms with Crippen molar-refractivity contribution in [3.63, 3.8) is 0 Å². The summed E-state index contributed by atoms with van der Waals surface area (Å²) in [6, 6.07) is 2.76. The highest BCUT2D eigenvalue weighted by atomic mass is 32.1. The molecule has 0 aliphatic heterocycles. The van der Waals surface area contributed by atoms with Gasteiger partial charge in [0.1, 0.15) is 5.75 Å². The lowest BCUT2D eigenvalue weighted by Crippen LogP contribution is -2.31. The fraction of sp³-hybridized carbons (Fsp3) is 0.765. The zero-order valence-corrected chi connectivity index (χ0v) is 14.0. The predicted octanol–water partition coefficient (Wildman–Crippen LogP) is 5.01. The van der Waals surface area contributed by atoms with Crippen molar-refractivity contribution in [1.29, 1.82) is 0 Å². The van der Waals surface area contributed by atoms with Gasteiger partial charge in [-0.2, -0.15) is 0 Å². The lowest BCUT2D eigenvalue weighted by Gasteiger charge is -2.34. The van der Waals surface area contributed by atoms with E-state index in [0.29, 0.717) is 6.04 Å². The highest BCUT2D eigenvalue weighted by Crippen LogP contribution is 2.40. The monoisotopic (exact) mass is 295 g/mol. The number of rotatable bonds is 7. The maximum Gasteiger partial charge on any atom is 0.129 e. The quantitative estimate of drug-likeness (QED) is 0.763. The van der Waals surface area contributed by atoms with E-state index in [1.807, 2.05) is 11.3 Å². The van der Waals surface area contributed by atoms with Gasteiger partial charge in [-0.1, -0.05) is 33.1 Å². The fourth-order valence-electron chi connectivity index (χ4n) is 3.41. The topological polar surface area (TPSA) is 21.3 Å². The van der Waals surface area contributed by atoms with Gasteiger partial charge in [-0.05, 0) is 43.7 Å². The van der Waals surface area contributed by atoms with Crippen LogP contribution in [0, 0.1) is 11.8 Å². The van der Waals surface area contributed by atoms with Crippen LogP contribution in [0.5, 0.6) is 5.75 Å². The van der Waals surface area contributed by atoms with Gasteiger partial charge < -0.3 is 10.1 Å². The molecule has 0 saturated heterocycles. The Labute approximate surface area is 127 Å². The third kappa shape index (κ3) is 3.98. The summed E-state index contributed by atoms with van der Waals surface area (Å²) in [6.45, 7) is 5.70. The molecule has 2 nitrogen and oxygen atoms in total. The van der Waals surface area contributed by atoms with Crippen LogP contribution in [0.25, 0.3) is 0 Å². The van der Waals surface area contributed by atoms with Crippen LogP contribution < -0.4 is 10.1 Å². The maximum absolute atomic E-state index is 5.36. The van der Waals surface area contributed by atoms with Gasteiger partial charge in [-0.25, -0.2) is 0 Å². The molecule has 1 fully saturated rings. The highest BCUT2D eigenvalue weighted by molar-refractivity contribution is 7.10. The molecule has 1 aliphatic carbocycles. The van der Waals surface area contributed by atoms with E-state index in [1.54, 1.807) is 7.11 Å². The van der Waals surface area contributed by atoms with Gasteiger partial charge >= 0.3 is 0 Å². The Balaban J connectivity index is 2.09. The van der Waals surface area contributed by atoms with Crippen molar-refractivity contribution in [3.8, 4) is 5.75 Å². The summed E-state index contributed by atoms with van der Waals surface area (Å²) >= 11 is 1.85. The van der Waals surface area contributed by atoms with Crippen molar-refractivity contribution < 1.29 is 4.74 Å². The van der Waals surface area contributed by atoms with Crippen molar-refractivity contribution in [1.82, 2.24) is 5.32 Å². The van der Waals surface area contributed by atoms with Crippen molar-refractivity contribution in [2.24, 2.45) is 11.8 Å². The molecule has 3 heteroatoms. The standard InChI is InChI=1S/C17H29NOS/c1-4-9-18-17(16-11-15(19-3)12-20-16)14-8-6-7-13(5-2)10-14/h11-14,17-18H,4-10H2,1-3H3. The first kappa shape index (κ1) is 15.8. The van der Waals surface area contributed by atoms with Crippen LogP contribution in [0.2, 0.25) is 0 Å². The smallest absolute Gasteiger partial charge is 0.129 e. The van der Waals surface area contributed by atoms with E-state index >= 15 is 0 Å². The Kier molecular flexibility index (Phi) is 6.37. The number of hydrogen-bond donors (Lipinski definition) is 1. The zero-order chi connectivity index (χ0) is 14.4. The average Bonchev–Trinajstić information content (AvgIpc) is 2.97. The van der Waals surface area contributed by atoms with E-state index in [-0.39, 0.29) is 0 Å². The largest absolute Gasteiger partial charge is 0.496 e. The molecular weight excluding hydrogens is 266 g/mol. The minimum atomic E-state index is 0.526. The van der Waals surface area contributed by atoms with Crippen LogP contribution in [-0.2, 0) is 0 Å². The SMILES string of the molecule is CCCNC(c1cc(OC)cs1)C1CCCC(CC)C1. The molecule has 1 aromatic heterocycles. The van der Waals surface area contributed by atoms with E-state index in [1.165, 1.54) is 43.4 Å². The molecule has 0 radical (unpaired) electrons. The van der Waals surface area contributed by atoms with E-state index in [0.717, 1.165) is 24.1 Å². The summed E-state index contributed by atoms with van der Waals surface area (Å²) in [5.41, 5.74) is 0. The molecule has 0 amide bonds. The van der Waals surface area contributed by atoms with Crippen molar-refractivity contribution in [2.45, 2.75) is 58.4 Å². The Morgan fingerprint density at radius 1 is 1.40 bits per heavy atom. The van der Waals surface area contributed by atoms with E-state index < -0.39 is 0 Å². The Hall–Kier alpha value is -0.540. The minimum absolute atomic E-state index is 0.526. The van der Waals surface area contributed by atoms with Gasteiger partial charge in [0, 0.05) is 16.3 Å². The highest BCUT2D eigenvalue weighted by Gasteiger charge is 2.29. The van der Waals surface area contributed by atoms with Crippen LogP contribution in [-0.4, -0.2) is 13.7 Å². The Morgan fingerprint density at radius 3 is 2.90 bits per heavy atom. The second kappa shape index (κ2) is 8.04. The average molecular weight is 295 g/mol. The molecule has 0 spiro atoms. The van der Waals surface area contributed by atoms with Crippen molar-refractivity contribution >= 4 is 11.3 Å². The molecular formula is C17H29NOS. The first-order valence-electron chi connectivity index (χ1n) is 8.14. The number of methoxy groups -OCH3 is 1. The summed E-state index contributed by atoms with van der Waals surface area (Å²) in [5, 5.41) is 5.93. The molecule has 3 atom stereocenters. The zero-order valence-electron chi connectivity index (χ0n) is 13.2. The summed E-state index contributed by atoms with van der Waals surface area (Å²) in [4.78, 5) is 1.46. The number of hydrogen-bond acceptors (Lipinski definition) is 3. The van der Waals surface area contributed by atoms with Crippen LogP contribution in [0.4, 0.5) is 0 Å². The third-order valence-electron chi connectivity index (χ3n) is 4.62. The number of ether oxygens (including phenoxy) is 1. The summed E-state index contributed by atoms with van der Waals surface area (Å²) < 4.78 is 5.36. The molecule has 2 rings (SSSR count). The molecule has 0 aromatic carbocycles. The normalized spacial score (nSPS) is 24.6. The van der Waals surface area contributed by atoms with Crippen molar-refractivity contribution in [2.75, 3.05) is 13.7 Å². The van der Waals surface area contributed by atoms with Crippen LogP contribution >= 0.6 is 11.3 Å². The predicted molar refractivity (Wildman–Crippen MR) is 87.6 cm³/mol. The minimum Gasteiger partial charge on any atom is -0.496 e. The third-order valence-corrected chi connectivity index (χ3v) is 5.62. The molecule has 1 aromatic rings. The van der Waals surface area contributed by atoms with E-state index in [2.05, 4.69) is 30.6 Å². The lowest BCUT2D eigenvalue weighted by molar-refractivity contribution is 0.211. The molecule has 0 bridgehead atoms. The fourth-order valence-corrected chi connectivity index (χ4v) is 4.43. The molecule has 1 aliphatic rings. The molecule has 20 heavy (non-hydrogen) atoms. The second-order valence-corrected chi connectivity index (χ2v) is 6.96. The van der Waals surface area contributed by atoms with Crippen molar-refractivity contribution in [3.05, 3.63) is 16.3 Å². The van der Waals surface area contributed by atoms with Crippen LogP contribution in [0.1, 0.15) is 63.3 Å². The van der Waals surface area contributed by atoms with E-state index in [4.69, 9.17) is 4.74 Å². The summed E-state index contributed by atoms with van der Waals surface area (Å²) in [6.07, 6.45) is 8.13. The van der Waals surface area contributed by atoms with Gasteiger partial charge in [-0.15, -0.1) is 11.3 Å². The van der Waals surface area contributed by atoms with Gasteiger partial charge in [0.05, 0.1) is 7.11 Å².